The van der Waals surface area contributed by atoms with Crippen LogP contribution in [0.1, 0.15) is 0 Å². The predicted molar refractivity (Wildman–Crippen MR) is 338 cm³/mol. The molecule has 16 aromatic rings. The number of benzene rings is 12. The van der Waals surface area contributed by atoms with E-state index < -0.39 is 0 Å². The van der Waals surface area contributed by atoms with Gasteiger partial charge in [0.25, 0.3) is 0 Å². The number of aromatic nitrogens is 4. The fourth-order valence-electron chi connectivity index (χ4n) is 12.0. The minimum Gasteiger partial charge on any atom is -0.456 e. The van der Waals surface area contributed by atoms with E-state index in [4.69, 9.17) is 19.4 Å². The third kappa shape index (κ3) is 8.11. The molecular weight excluding hydrogens is 1000 g/mol. The van der Waals surface area contributed by atoms with Crippen molar-refractivity contribution in [3.05, 3.63) is 279 Å². The molecule has 0 aliphatic heterocycles. The van der Waals surface area contributed by atoms with Crippen molar-refractivity contribution in [2.24, 2.45) is 0 Å². The van der Waals surface area contributed by atoms with Crippen LogP contribution < -0.4 is 0 Å². The third-order valence-corrected chi connectivity index (χ3v) is 17.1. The maximum absolute atomic E-state index is 6.66. The quantitative estimate of drug-likeness (QED) is 0.145. The van der Waals surface area contributed by atoms with Crippen molar-refractivity contribution in [1.29, 1.82) is 0 Å². The molecule has 12 aromatic carbocycles. The highest BCUT2D eigenvalue weighted by molar-refractivity contribution is 7.26. The molecule has 0 radical (unpaired) electrons. The molecule has 4 aromatic heterocycles. The number of nitrogens with zero attached hydrogens (tertiary/aromatic N) is 4. The first-order valence-corrected chi connectivity index (χ1v) is 28.1. The van der Waals surface area contributed by atoms with Crippen LogP contribution in [0.15, 0.2) is 283 Å². The van der Waals surface area contributed by atoms with Gasteiger partial charge in [-0.1, -0.05) is 200 Å². The van der Waals surface area contributed by atoms with E-state index in [9.17, 15) is 0 Å². The summed E-state index contributed by atoms with van der Waals surface area (Å²) in [5.41, 5.74) is 19.1. The van der Waals surface area contributed by atoms with Crippen LogP contribution in [0.3, 0.4) is 0 Å². The summed E-state index contributed by atoms with van der Waals surface area (Å²) in [4.78, 5) is 15.8. The highest BCUT2D eigenvalue weighted by atomic mass is 32.1. The van der Waals surface area contributed by atoms with E-state index in [1.807, 2.05) is 41.7 Å². The highest BCUT2D eigenvalue weighted by Gasteiger charge is 2.21. The first-order chi connectivity index (χ1) is 40.1. The molecule has 6 heteroatoms. The van der Waals surface area contributed by atoms with Gasteiger partial charge < -0.3 is 8.98 Å². The van der Waals surface area contributed by atoms with E-state index in [1.165, 1.54) is 42.1 Å². The lowest BCUT2D eigenvalue weighted by molar-refractivity contribution is 0.669. The first-order valence-electron chi connectivity index (χ1n) is 27.3. The number of fused-ring (bicyclic) bond motifs is 9. The van der Waals surface area contributed by atoms with Gasteiger partial charge >= 0.3 is 0 Å². The molecule has 0 spiro atoms. The molecule has 0 atom stereocenters. The molecule has 0 bridgehead atoms. The molecule has 0 unspecified atom stereocenters. The van der Waals surface area contributed by atoms with Gasteiger partial charge in [-0.3, -0.25) is 0 Å². The van der Waals surface area contributed by atoms with E-state index in [0.717, 1.165) is 99.9 Å². The molecule has 0 saturated heterocycles. The van der Waals surface area contributed by atoms with Crippen molar-refractivity contribution in [2.75, 3.05) is 0 Å². The summed E-state index contributed by atoms with van der Waals surface area (Å²) in [5, 5.41) is 6.96. The summed E-state index contributed by atoms with van der Waals surface area (Å²) in [5.74, 6) is 1.75. The van der Waals surface area contributed by atoms with E-state index in [1.54, 1.807) is 0 Å². The van der Waals surface area contributed by atoms with Crippen LogP contribution in [0.5, 0.6) is 0 Å². The van der Waals surface area contributed by atoms with E-state index in [0.29, 0.717) is 17.5 Å². The Kier molecular flexibility index (Phi) is 11.0. The Morgan fingerprint density at radius 2 is 0.790 bits per heavy atom. The summed E-state index contributed by atoms with van der Waals surface area (Å²) >= 11 is 1.87. The Morgan fingerprint density at radius 3 is 1.54 bits per heavy atom. The second-order valence-corrected chi connectivity index (χ2v) is 21.7. The van der Waals surface area contributed by atoms with E-state index >= 15 is 0 Å². The summed E-state index contributed by atoms with van der Waals surface area (Å²) in [6, 6.07) is 99.5. The Bertz CT molecular complexity index is 5040. The van der Waals surface area contributed by atoms with Gasteiger partial charge in [0.15, 0.2) is 17.5 Å². The standard InChI is InChI=1S/C75H46N4OS/c1-4-17-47(18-5-1)55-42-56(48-19-6-2-7-20-48)44-57(43-55)51-23-14-24-54(41-51)74-76-73(50-21-8-3-9-22-50)77-75(78-74)63-29-16-31-69-71(63)65-46-53(36-40-68(65)80-69)52-35-39-67-64(45-52)60-25-10-12-30-66(60)79(67)58-37-33-49(34-38-58)59-27-15-28-62-61-26-11-13-32-70(61)81-72(59)62/h1-46H. The molecule has 81 heavy (non-hydrogen) atoms. The number of hydrogen-bond donors (Lipinski definition) is 0. The van der Waals surface area contributed by atoms with Gasteiger partial charge in [-0.2, -0.15) is 0 Å². The minimum absolute atomic E-state index is 0.569. The molecule has 0 amide bonds. The molecule has 0 aliphatic carbocycles. The second-order valence-electron chi connectivity index (χ2n) is 20.7. The molecule has 5 nitrogen and oxygen atoms in total. The Hall–Kier alpha value is -10.5. The van der Waals surface area contributed by atoms with Crippen LogP contribution in [-0.2, 0) is 0 Å². The van der Waals surface area contributed by atoms with Gasteiger partial charge in [-0.25, -0.2) is 15.0 Å². The van der Waals surface area contributed by atoms with Crippen molar-refractivity contribution < 1.29 is 4.42 Å². The SMILES string of the molecule is c1ccc(-c2cc(-c3ccccc3)cc(-c3cccc(-c4nc(-c5ccccc5)nc(-c5cccc6oc7ccc(-c8ccc9c(c8)c8ccccc8n9-c8ccc(-c9cccc%10c9sc9ccccc9%10)cc8)cc7c56)n4)c3)c2)cc1. The molecule has 16 rings (SSSR count). The van der Waals surface area contributed by atoms with Crippen LogP contribution >= 0.6 is 11.3 Å². The monoisotopic (exact) mass is 1050 g/mol. The van der Waals surface area contributed by atoms with Gasteiger partial charge in [0.1, 0.15) is 11.2 Å². The van der Waals surface area contributed by atoms with Gasteiger partial charge in [-0.05, 0) is 134 Å². The molecule has 0 saturated carbocycles. The molecule has 0 N–H and O–H groups in total. The lowest BCUT2D eigenvalue weighted by Gasteiger charge is -2.13. The lowest BCUT2D eigenvalue weighted by atomic mass is 9.93. The summed E-state index contributed by atoms with van der Waals surface area (Å²) in [7, 11) is 0. The first kappa shape index (κ1) is 46.6. The summed E-state index contributed by atoms with van der Waals surface area (Å²) < 4.78 is 11.7. The Morgan fingerprint density at radius 1 is 0.284 bits per heavy atom. The Labute approximate surface area is 471 Å². The minimum atomic E-state index is 0.569. The number of para-hydroxylation sites is 1. The fraction of sp³-hybridized carbons (Fsp3) is 0. The zero-order valence-corrected chi connectivity index (χ0v) is 44.5. The largest absolute Gasteiger partial charge is 0.456 e. The van der Waals surface area contributed by atoms with Crippen molar-refractivity contribution in [3.63, 3.8) is 0 Å². The highest BCUT2D eigenvalue weighted by Crippen LogP contribution is 2.43. The maximum Gasteiger partial charge on any atom is 0.164 e. The molecular formula is C75H46N4OS. The lowest BCUT2D eigenvalue weighted by Crippen LogP contribution is -2.00. The number of rotatable bonds is 9. The Balaban J connectivity index is 0.790. The van der Waals surface area contributed by atoms with Crippen molar-refractivity contribution in [3.8, 4) is 95.5 Å². The molecule has 4 heterocycles. The smallest absolute Gasteiger partial charge is 0.164 e. The number of furan rings is 1. The van der Waals surface area contributed by atoms with Crippen molar-refractivity contribution in [1.82, 2.24) is 19.5 Å². The van der Waals surface area contributed by atoms with Gasteiger partial charge in [0, 0.05) is 64.1 Å². The fourth-order valence-corrected chi connectivity index (χ4v) is 13.2. The van der Waals surface area contributed by atoms with Crippen LogP contribution in [-0.4, -0.2) is 19.5 Å². The summed E-state index contributed by atoms with van der Waals surface area (Å²) in [6.45, 7) is 0. The molecule has 378 valence electrons. The van der Waals surface area contributed by atoms with Crippen LogP contribution in [0.2, 0.25) is 0 Å². The zero-order chi connectivity index (χ0) is 53.4. The number of hydrogen-bond acceptors (Lipinski definition) is 5. The predicted octanol–water partition coefficient (Wildman–Crippen LogP) is 20.6. The van der Waals surface area contributed by atoms with Crippen molar-refractivity contribution in [2.45, 2.75) is 0 Å². The second kappa shape index (κ2) is 19.1. The normalized spacial score (nSPS) is 11.7. The van der Waals surface area contributed by atoms with Crippen LogP contribution in [0, 0.1) is 0 Å². The number of thiophene rings is 1. The van der Waals surface area contributed by atoms with E-state index in [2.05, 4.69) is 253 Å². The van der Waals surface area contributed by atoms with Crippen LogP contribution in [0.4, 0.5) is 0 Å². The third-order valence-electron chi connectivity index (χ3n) is 15.9. The molecule has 0 fully saturated rings. The average molecular weight is 1050 g/mol. The zero-order valence-electron chi connectivity index (χ0n) is 43.7. The average Bonchev–Trinajstić information content (AvgIpc) is 4.33. The van der Waals surface area contributed by atoms with Gasteiger partial charge in [0.05, 0.1) is 11.0 Å². The van der Waals surface area contributed by atoms with E-state index in [-0.39, 0.29) is 0 Å². The molecule has 0 aliphatic rings. The maximum atomic E-state index is 6.66. The summed E-state index contributed by atoms with van der Waals surface area (Å²) in [6.07, 6.45) is 0. The van der Waals surface area contributed by atoms with Crippen LogP contribution in [0.25, 0.3) is 159 Å². The van der Waals surface area contributed by atoms with Gasteiger partial charge in [-0.15, -0.1) is 11.3 Å². The van der Waals surface area contributed by atoms with Crippen molar-refractivity contribution >= 4 is 75.3 Å². The topological polar surface area (TPSA) is 56.7 Å². The van der Waals surface area contributed by atoms with Gasteiger partial charge in [0.2, 0.25) is 0 Å².